The van der Waals surface area contributed by atoms with E-state index in [1.165, 1.54) is 0 Å². The molecule has 20 heavy (non-hydrogen) atoms. The summed E-state index contributed by atoms with van der Waals surface area (Å²) >= 11 is 5.82. The molecule has 0 spiro atoms. The molecule has 5 nitrogen and oxygen atoms in total. The van der Waals surface area contributed by atoms with Crippen molar-refractivity contribution in [1.29, 1.82) is 0 Å². The van der Waals surface area contributed by atoms with E-state index in [0.29, 0.717) is 11.4 Å². The monoisotopic (exact) mass is 317 g/mol. The van der Waals surface area contributed by atoms with Crippen LogP contribution in [0.5, 0.6) is 0 Å². The van der Waals surface area contributed by atoms with Gasteiger partial charge in [-0.3, -0.25) is 4.79 Å². The summed E-state index contributed by atoms with van der Waals surface area (Å²) in [5.74, 6) is -0.133. The lowest BCUT2D eigenvalue weighted by molar-refractivity contribution is -0.143. The normalized spacial score (nSPS) is 20.8. The van der Waals surface area contributed by atoms with Crippen LogP contribution in [0, 0.1) is 0 Å². The Morgan fingerprint density at radius 3 is 2.90 bits per heavy atom. The first-order valence-corrected chi connectivity index (χ1v) is 8.48. The highest BCUT2D eigenvalue weighted by Gasteiger charge is 2.27. The Labute approximate surface area is 123 Å². The molecule has 110 valence electrons. The summed E-state index contributed by atoms with van der Waals surface area (Å²) in [4.78, 5) is 11.6. The summed E-state index contributed by atoms with van der Waals surface area (Å²) in [7, 11) is -2.93. The highest BCUT2D eigenvalue weighted by Crippen LogP contribution is 2.12. The van der Waals surface area contributed by atoms with Crippen LogP contribution in [0.4, 0.5) is 0 Å². The first-order chi connectivity index (χ1) is 9.44. The summed E-state index contributed by atoms with van der Waals surface area (Å²) < 4.78 is 27.6. The Morgan fingerprint density at radius 2 is 2.25 bits per heavy atom. The Kier molecular flexibility index (Phi) is 5.01. The van der Waals surface area contributed by atoms with Gasteiger partial charge in [-0.15, -0.1) is 0 Å². The van der Waals surface area contributed by atoms with E-state index in [9.17, 15) is 13.2 Å². The molecule has 0 radical (unpaired) electrons. The average molecular weight is 318 g/mol. The summed E-state index contributed by atoms with van der Waals surface area (Å²) in [6, 6.07) is 6.92. The number of nitrogens with one attached hydrogen (secondary N) is 1. The first-order valence-electron chi connectivity index (χ1n) is 6.28. The Bertz CT molecular complexity index is 588. The number of hydrogen-bond donors (Lipinski definition) is 1. The van der Waals surface area contributed by atoms with Gasteiger partial charge in [-0.1, -0.05) is 23.7 Å². The molecule has 0 amide bonds. The second kappa shape index (κ2) is 6.56. The standard InChI is InChI=1S/C13H16ClNO4S/c14-11-3-1-2-10(6-11)8-19-13(16)7-15-12-4-5-20(17,18)9-12/h1-3,6,12,15H,4-5,7-9H2. The molecule has 1 unspecified atom stereocenters. The minimum absolute atomic E-state index is 0.0146. The average Bonchev–Trinajstić information content (AvgIpc) is 2.74. The van der Waals surface area contributed by atoms with Crippen molar-refractivity contribution < 1.29 is 17.9 Å². The van der Waals surface area contributed by atoms with Crippen LogP contribution in [0.25, 0.3) is 0 Å². The SMILES string of the molecule is O=C(CNC1CCS(=O)(=O)C1)OCc1cccc(Cl)c1. The summed E-state index contributed by atoms with van der Waals surface area (Å²) in [5, 5.41) is 3.50. The molecule has 1 atom stereocenters. The van der Waals surface area contributed by atoms with Crippen LogP contribution in [0.2, 0.25) is 5.02 Å². The molecule has 0 saturated carbocycles. The van der Waals surface area contributed by atoms with E-state index in [0.717, 1.165) is 5.56 Å². The van der Waals surface area contributed by atoms with Crippen LogP contribution in [0.3, 0.4) is 0 Å². The maximum Gasteiger partial charge on any atom is 0.320 e. The second-order valence-electron chi connectivity index (χ2n) is 4.77. The van der Waals surface area contributed by atoms with Gasteiger partial charge in [-0.2, -0.15) is 0 Å². The van der Waals surface area contributed by atoms with Crippen LogP contribution in [-0.4, -0.2) is 38.5 Å². The third-order valence-electron chi connectivity index (χ3n) is 3.06. The number of esters is 1. The third-order valence-corrected chi connectivity index (χ3v) is 5.06. The maximum absolute atomic E-state index is 11.6. The summed E-state index contributed by atoms with van der Waals surface area (Å²) in [6.45, 7) is 0.171. The fourth-order valence-electron chi connectivity index (χ4n) is 2.03. The van der Waals surface area contributed by atoms with E-state index in [1.54, 1.807) is 18.2 Å². The molecule has 1 heterocycles. The summed E-state index contributed by atoms with van der Waals surface area (Å²) in [6.07, 6.45) is 0.546. The zero-order chi connectivity index (χ0) is 14.6. The van der Waals surface area contributed by atoms with E-state index in [1.807, 2.05) is 6.07 Å². The van der Waals surface area contributed by atoms with Gasteiger partial charge in [-0.25, -0.2) is 8.42 Å². The lowest BCUT2D eigenvalue weighted by atomic mass is 10.2. The molecule has 1 aliphatic heterocycles. The van der Waals surface area contributed by atoms with Gasteiger partial charge in [0.15, 0.2) is 9.84 Å². The van der Waals surface area contributed by atoms with E-state index < -0.39 is 15.8 Å². The van der Waals surface area contributed by atoms with Gasteiger partial charge in [0.2, 0.25) is 0 Å². The minimum Gasteiger partial charge on any atom is -0.460 e. The van der Waals surface area contributed by atoms with Gasteiger partial charge in [0.05, 0.1) is 18.1 Å². The molecule has 1 saturated heterocycles. The van der Waals surface area contributed by atoms with Crippen molar-refractivity contribution in [3.8, 4) is 0 Å². The lowest BCUT2D eigenvalue weighted by Gasteiger charge is -2.10. The number of halogens is 1. The van der Waals surface area contributed by atoms with E-state index in [2.05, 4.69) is 5.32 Å². The molecule has 2 rings (SSSR count). The van der Waals surface area contributed by atoms with Crippen LogP contribution >= 0.6 is 11.6 Å². The fourth-order valence-corrected chi connectivity index (χ4v) is 3.95. The van der Waals surface area contributed by atoms with Crippen LogP contribution in [0.15, 0.2) is 24.3 Å². The van der Waals surface area contributed by atoms with Crippen molar-refractivity contribution in [2.45, 2.75) is 19.1 Å². The number of hydrogen-bond acceptors (Lipinski definition) is 5. The quantitative estimate of drug-likeness (QED) is 0.825. The van der Waals surface area contributed by atoms with Crippen molar-refractivity contribution in [1.82, 2.24) is 5.32 Å². The van der Waals surface area contributed by atoms with Crippen molar-refractivity contribution in [2.75, 3.05) is 18.1 Å². The van der Waals surface area contributed by atoms with Gasteiger partial charge in [0, 0.05) is 11.1 Å². The van der Waals surface area contributed by atoms with Gasteiger partial charge in [-0.05, 0) is 24.1 Å². The molecule has 1 aliphatic rings. The zero-order valence-corrected chi connectivity index (χ0v) is 12.4. The molecule has 1 N–H and O–H groups in total. The lowest BCUT2D eigenvalue weighted by Crippen LogP contribution is -2.35. The Hall–Kier alpha value is -1.11. The Balaban J connectivity index is 1.71. The van der Waals surface area contributed by atoms with Crippen molar-refractivity contribution >= 4 is 27.4 Å². The summed E-state index contributed by atoms with van der Waals surface area (Å²) in [5.41, 5.74) is 0.814. The molecule has 1 aromatic rings. The maximum atomic E-state index is 11.6. The topological polar surface area (TPSA) is 72.5 Å². The third kappa shape index (κ3) is 4.77. The molecule has 0 aromatic heterocycles. The largest absolute Gasteiger partial charge is 0.460 e. The number of benzene rings is 1. The smallest absolute Gasteiger partial charge is 0.320 e. The number of rotatable bonds is 5. The van der Waals surface area contributed by atoms with E-state index in [-0.39, 0.29) is 30.7 Å². The molecular weight excluding hydrogens is 302 g/mol. The number of carbonyl (C=O) groups is 1. The first kappa shape index (κ1) is 15.3. The van der Waals surface area contributed by atoms with Gasteiger partial charge in [0.25, 0.3) is 0 Å². The fraction of sp³-hybridized carbons (Fsp3) is 0.462. The number of carbonyl (C=O) groups excluding carboxylic acids is 1. The predicted octanol–water partition coefficient (Wildman–Crippen LogP) is 1.16. The van der Waals surface area contributed by atoms with Crippen molar-refractivity contribution in [3.05, 3.63) is 34.9 Å². The molecule has 7 heteroatoms. The van der Waals surface area contributed by atoms with E-state index >= 15 is 0 Å². The second-order valence-corrected chi connectivity index (χ2v) is 7.44. The highest BCUT2D eigenvalue weighted by molar-refractivity contribution is 7.91. The van der Waals surface area contributed by atoms with Gasteiger partial charge >= 0.3 is 5.97 Å². The van der Waals surface area contributed by atoms with Crippen LogP contribution in [-0.2, 0) is 26.0 Å². The molecule has 1 aromatic carbocycles. The number of sulfone groups is 1. The zero-order valence-electron chi connectivity index (χ0n) is 10.8. The van der Waals surface area contributed by atoms with Crippen LogP contribution < -0.4 is 5.32 Å². The van der Waals surface area contributed by atoms with Gasteiger partial charge in [0.1, 0.15) is 6.61 Å². The van der Waals surface area contributed by atoms with Crippen molar-refractivity contribution in [3.63, 3.8) is 0 Å². The highest BCUT2D eigenvalue weighted by atomic mass is 35.5. The molecule has 1 fully saturated rings. The minimum atomic E-state index is -2.93. The molecule has 0 aliphatic carbocycles. The Morgan fingerprint density at radius 1 is 1.45 bits per heavy atom. The number of ether oxygens (including phenoxy) is 1. The van der Waals surface area contributed by atoms with E-state index in [4.69, 9.17) is 16.3 Å². The predicted molar refractivity (Wildman–Crippen MR) is 76.3 cm³/mol. The van der Waals surface area contributed by atoms with Gasteiger partial charge < -0.3 is 10.1 Å². The molecular formula is C13H16ClNO4S. The van der Waals surface area contributed by atoms with Crippen LogP contribution in [0.1, 0.15) is 12.0 Å². The van der Waals surface area contributed by atoms with Crippen molar-refractivity contribution in [2.24, 2.45) is 0 Å². The molecule has 0 bridgehead atoms.